The van der Waals surface area contributed by atoms with Crippen LogP contribution in [0.4, 0.5) is 0 Å². The SMILES string of the molecule is C=CC1=CC[C]([Zr+2][C]2=CC=CC2)=C1C1CCCCC1.[Cl-].[Cl-]. The van der Waals surface area contributed by atoms with Crippen LogP contribution in [0.25, 0.3) is 0 Å². The molecule has 0 atom stereocenters. The van der Waals surface area contributed by atoms with E-state index in [9.17, 15) is 0 Å². The Bertz CT molecular complexity index is 491. The van der Waals surface area contributed by atoms with Gasteiger partial charge in [0, 0.05) is 0 Å². The summed E-state index contributed by atoms with van der Waals surface area (Å²) in [6.45, 7) is 4.04. The molecule has 0 unspecified atom stereocenters. The van der Waals surface area contributed by atoms with Gasteiger partial charge in [0.1, 0.15) is 0 Å². The fourth-order valence-corrected chi connectivity index (χ4v) is 7.15. The molecule has 0 aromatic rings. The summed E-state index contributed by atoms with van der Waals surface area (Å²) in [6.07, 6.45) is 21.1. The van der Waals surface area contributed by atoms with Crippen molar-refractivity contribution in [1.82, 2.24) is 0 Å². The maximum atomic E-state index is 4.04. The Morgan fingerprint density at radius 2 is 1.86 bits per heavy atom. The molecule has 1 fully saturated rings. The van der Waals surface area contributed by atoms with Gasteiger partial charge < -0.3 is 24.8 Å². The molecule has 0 amide bonds. The molecule has 0 heterocycles. The second-order valence-electron chi connectivity index (χ2n) is 5.74. The van der Waals surface area contributed by atoms with E-state index in [2.05, 4.69) is 37.0 Å². The van der Waals surface area contributed by atoms with E-state index in [1.807, 2.05) is 3.28 Å². The first kappa shape index (κ1) is 19.2. The third kappa shape index (κ3) is 4.57. The van der Waals surface area contributed by atoms with Crippen LogP contribution in [0.1, 0.15) is 44.9 Å². The van der Waals surface area contributed by atoms with E-state index in [0.29, 0.717) is 0 Å². The third-order valence-corrected chi connectivity index (χ3v) is 8.08. The van der Waals surface area contributed by atoms with Gasteiger partial charge in [-0.2, -0.15) is 0 Å². The summed E-state index contributed by atoms with van der Waals surface area (Å²) in [4.78, 5) is 0. The fraction of sp³-hybridized carbons (Fsp3) is 0.444. The van der Waals surface area contributed by atoms with Crippen molar-refractivity contribution in [1.29, 1.82) is 0 Å². The molecule has 0 aromatic heterocycles. The first-order valence-corrected chi connectivity index (χ1v) is 10.0. The first-order valence-electron chi connectivity index (χ1n) is 7.57. The van der Waals surface area contributed by atoms with Crippen LogP contribution < -0.4 is 24.8 Å². The van der Waals surface area contributed by atoms with E-state index >= 15 is 0 Å². The zero-order valence-electron chi connectivity index (χ0n) is 12.4. The van der Waals surface area contributed by atoms with Gasteiger partial charge in [0.05, 0.1) is 0 Å². The molecule has 0 aliphatic heterocycles. The Balaban J connectivity index is 0.00000110. The van der Waals surface area contributed by atoms with Crippen LogP contribution >= 0.6 is 0 Å². The molecule has 3 heteroatoms. The standard InChI is InChI=1S/C13H17.C5H5.2ClH.Zr/c1-2-11-9-6-10-13(11)12-7-4-3-5-8-12;1-2-4-5-3-1;;;/h2,9,12H,1,3-8H2;1-3H,4H2;2*1H;/q;;;;+2/p-2. The third-order valence-electron chi connectivity index (χ3n) is 4.48. The van der Waals surface area contributed by atoms with Crippen molar-refractivity contribution in [3.8, 4) is 0 Å². The summed E-state index contributed by atoms with van der Waals surface area (Å²) < 4.78 is 3.60. The van der Waals surface area contributed by atoms with E-state index in [1.54, 1.807) is 8.85 Å². The predicted octanol–water partition coefficient (Wildman–Crippen LogP) is -0.729. The van der Waals surface area contributed by atoms with Gasteiger partial charge in [-0.3, -0.25) is 0 Å². The molecule has 0 bridgehead atoms. The fourth-order valence-electron chi connectivity index (χ4n) is 3.52. The summed E-state index contributed by atoms with van der Waals surface area (Å²) in [6, 6.07) is 0. The molecule has 0 saturated heterocycles. The van der Waals surface area contributed by atoms with Crippen molar-refractivity contribution in [3.63, 3.8) is 0 Å². The molecule has 0 N–H and O–H groups in total. The van der Waals surface area contributed by atoms with Crippen LogP contribution in [0.15, 0.2) is 54.7 Å². The predicted molar refractivity (Wildman–Crippen MR) is 78.3 cm³/mol. The minimum absolute atomic E-state index is 0. The first-order chi connectivity index (χ1) is 9.38. The zero-order valence-corrected chi connectivity index (χ0v) is 16.3. The molecule has 0 spiro atoms. The van der Waals surface area contributed by atoms with Gasteiger partial charge in [-0.1, -0.05) is 0 Å². The monoisotopic (exact) mass is 398 g/mol. The Morgan fingerprint density at radius 1 is 1.10 bits per heavy atom. The maximum absolute atomic E-state index is 4.04. The van der Waals surface area contributed by atoms with Crippen LogP contribution in [0.5, 0.6) is 0 Å². The van der Waals surface area contributed by atoms with E-state index in [0.717, 1.165) is 5.92 Å². The minimum Gasteiger partial charge on any atom is -1.00 e. The quantitative estimate of drug-likeness (QED) is 0.584. The molecule has 3 aliphatic carbocycles. The largest absolute Gasteiger partial charge is 1.00 e. The summed E-state index contributed by atoms with van der Waals surface area (Å²) in [5.74, 6) is 0.853. The van der Waals surface area contributed by atoms with Crippen LogP contribution in [-0.4, -0.2) is 0 Å². The van der Waals surface area contributed by atoms with Crippen molar-refractivity contribution < 1.29 is 48.0 Å². The van der Waals surface area contributed by atoms with Gasteiger partial charge in [0.25, 0.3) is 0 Å². The summed E-state index contributed by atoms with van der Waals surface area (Å²) >= 11 is -0.500. The molecule has 1 saturated carbocycles. The Labute approximate surface area is 152 Å². The average Bonchev–Trinajstić information content (AvgIpc) is 3.09. The molecule has 0 aromatic carbocycles. The zero-order chi connectivity index (χ0) is 13.1. The van der Waals surface area contributed by atoms with Gasteiger partial charge in [0.2, 0.25) is 0 Å². The van der Waals surface area contributed by atoms with Crippen LogP contribution in [0.2, 0.25) is 0 Å². The Kier molecular flexibility index (Phi) is 8.54. The van der Waals surface area contributed by atoms with Gasteiger partial charge in [0.15, 0.2) is 0 Å². The van der Waals surface area contributed by atoms with Crippen LogP contribution in [0.3, 0.4) is 0 Å². The molecule has 3 rings (SSSR count). The summed E-state index contributed by atoms with van der Waals surface area (Å²) in [5.41, 5.74) is 3.23. The average molecular weight is 401 g/mol. The maximum Gasteiger partial charge on any atom is -1.00 e. The molecule has 112 valence electrons. The van der Waals surface area contributed by atoms with Crippen molar-refractivity contribution in [2.24, 2.45) is 5.92 Å². The summed E-state index contributed by atoms with van der Waals surface area (Å²) in [5, 5.41) is 0. The number of hydrogen-bond acceptors (Lipinski definition) is 0. The molecule has 0 nitrogen and oxygen atoms in total. The van der Waals surface area contributed by atoms with Gasteiger partial charge in [-0.05, 0) is 0 Å². The van der Waals surface area contributed by atoms with Crippen molar-refractivity contribution >= 4 is 0 Å². The van der Waals surface area contributed by atoms with E-state index in [1.165, 1.54) is 50.5 Å². The van der Waals surface area contributed by atoms with Crippen molar-refractivity contribution in [3.05, 3.63) is 54.7 Å². The smallest absolute Gasteiger partial charge is 1.00 e. The van der Waals surface area contributed by atoms with Crippen LogP contribution in [0, 0.1) is 5.92 Å². The number of allylic oxidation sites excluding steroid dienone is 9. The molecular formula is C18H22Cl2Zr. The number of rotatable bonds is 4. The van der Waals surface area contributed by atoms with E-state index in [4.69, 9.17) is 0 Å². The number of hydrogen-bond donors (Lipinski definition) is 0. The van der Waals surface area contributed by atoms with E-state index in [-0.39, 0.29) is 24.8 Å². The molecule has 0 radical (unpaired) electrons. The van der Waals surface area contributed by atoms with Gasteiger partial charge in [-0.15, -0.1) is 0 Å². The van der Waals surface area contributed by atoms with Crippen molar-refractivity contribution in [2.45, 2.75) is 44.9 Å². The second-order valence-corrected chi connectivity index (χ2v) is 9.42. The second kappa shape index (κ2) is 9.34. The molecule has 21 heavy (non-hydrogen) atoms. The van der Waals surface area contributed by atoms with Gasteiger partial charge >= 0.3 is 129 Å². The molecular weight excluding hydrogens is 378 g/mol. The Morgan fingerprint density at radius 3 is 2.48 bits per heavy atom. The summed E-state index contributed by atoms with van der Waals surface area (Å²) in [7, 11) is 0. The van der Waals surface area contributed by atoms with Crippen LogP contribution in [-0.2, 0) is 23.2 Å². The normalized spacial score (nSPS) is 21.1. The molecule has 3 aliphatic rings. The number of halogens is 2. The topological polar surface area (TPSA) is 0 Å². The van der Waals surface area contributed by atoms with Crippen molar-refractivity contribution in [2.75, 3.05) is 0 Å². The Hall–Kier alpha value is 0.163. The van der Waals surface area contributed by atoms with E-state index < -0.39 is 23.2 Å². The van der Waals surface area contributed by atoms with Gasteiger partial charge in [-0.25, -0.2) is 0 Å². The minimum atomic E-state index is -0.500.